The van der Waals surface area contributed by atoms with Crippen molar-refractivity contribution in [3.63, 3.8) is 0 Å². The maximum atomic E-state index is 13.9. The molecule has 7 nitrogen and oxygen atoms in total. The molecule has 1 saturated heterocycles. The third-order valence-electron chi connectivity index (χ3n) is 4.99. The molecule has 0 saturated carbocycles. The largest absolute Gasteiger partial charge is 0.493 e. The lowest BCUT2D eigenvalue weighted by molar-refractivity contribution is -0.287. The molecular formula is C21H21F3N2O5. The third kappa shape index (κ3) is 4.15. The quantitative estimate of drug-likeness (QED) is 0.602. The van der Waals surface area contributed by atoms with Gasteiger partial charge < -0.3 is 25.2 Å². The molecule has 166 valence electrons. The fourth-order valence-electron chi connectivity index (χ4n) is 3.55. The van der Waals surface area contributed by atoms with E-state index >= 15 is 0 Å². The van der Waals surface area contributed by atoms with Crippen molar-refractivity contribution in [3.8, 4) is 11.5 Å². The molecule has 2 aromatic carbocycles. The monoisotopic (exact) mass is 438 g/mol. The van der Waals surface area contributed by atoms with Gasteiger partial charge in [-0.05, 0) is 24.6 Å². The third-order valence-corrected chi connectivity index (χ3v) is 4.99. The Morgan fingerprint density at radius 3 is 2.42 bits per heavy atom. The van der Waals surface area contributed by atoms with Gasteiger partial charge in [0, 0.05) is 5.56 Å². The number of halogens is 3. The zero-order valence-electron chi connectivity index (χ0n) is 16.7. The number of rotatable bonds is 6. The normalized spacial score (nSPS) is 23.5. The summed E-state index contributed by atoms with van der Waals surface area (Å²) >= 11 is 0. The molecule has 0 radical (unpaired) electrons. The standard InChI is InChI=1S/C21H21F3N2O5/c1-3-31-14-10-9-13(11-15(14)30-2)17-16(18(27)12-7-5-4-6-8-12)20(29,21(22,23)24)26-19(28)25-17/h4-11,16-17,29H,3H2,1-2H3,(H2,25,26,28)/t16-,17+,20-/m0/s1. The van der Waals surface area contributed by atoms with Crippen molar-refractivity contribution in [2.75, 3.05) is 13.7 Å². The smallest absolute Gasteiger partial charge is 0.437 e. The Kier molecular flexibility index (Phi) is 6.12. The van der Waals surface area contributed by atoms with Gasteiger partial charge in [0.15, 0.2) is 17.3 Å². The molecule has 1 heterocycles. The molecule has 3 N–H and O–H groups in total. The minimum atomic E-state index is -5.33. The summed E-state index contributed by atoms with van der Waals surface area (Å²) in [6.45, 7) is 2.07. The summed E-state index contributed by atoms with van der Waals surface area (Å²) in [5.74, 6) is -2.57. The van der Waals surface area contributed by atoms with E-state index in [1.807, 2.05) is 0 Å². The van der Waals surface area contributed by atoms with Crippen molar-refractivity contribution in [3.05, 3.63) is 59.7 Å². The van der Waals surface area contributed by atoms with Gasteiger partial charge in [-0.15, -0.1) is 0 Å². The fraction of sp³-hybridized carbons (Fsp3) is 0.333. The SMILES string of the molecule is CCOc1ccc([C@H]2NC(=O)N[C@@](O)(C(F)(F)F)[C@@H]2C(=O)c2ccccc2)cc1OC. The van der Waals surface area contributed by atoms with Crippen molar-refractivity contribution in [2.24, 2.45) is 5.92 Å². The lowest BCUT2D eigenvalue weighted by Gasteiger charge is -2.45. The minimum Gasteiger partial charge on any atom is -0.493 e. The van der Waals surface area contributed by atoms with Gasteiger partial charge in [0.1, 0.15) is 5.92 Å². The Bertz CT molecular complexity index is 967. The molecule has 10 heteroatoms. The summed E-state index contributed by atoms with van der Waals surface area (Å²) in [7, 11) is 1.35. The zero-order valence-corrected chi connectivity index (χ0v) is 16.7. The molecule has 3 atom stereocenters. The number of nitrogens with one attached hydrogen (secondary N) is 2. The summed E-state index contributed by atoms with van der Waals surface area (Å²) in [5.41, 5.74) is -3.71. The highest BCUT2D eigenvalue weighted by molar-refractivity contribution is 6.00. The maximum Gasteiger partial charge on any atom is 0.437 e. The van der Waals surface area contributed by atoms with Crippen LogP contribution in [-0.4, -0.2) is 42.5 Å². The Hall–Kier alpha value is -3.27. The topological polar surface area (TPSA) is 96.9 Å². The van der Waals surface area contributed by atoms with Crippen LogP contribution in [0.1, 0.15) is 28.9 Å². The van der Waals surface area contributed by atoms with Gasteiger partial charge in [0.25, 0.3) is 0 Å². The van der Waals surface area contributed by atoms with Gasteiger partial charge in [-0.3, -0.25) is 4.79 Å². The summed E-state index contributed by atoms with van der Waals surface area (Å²) in [5, 5.41) is 14.4. The highest BCUT2D eigenvalue weighted by Crippen LogP contribution is 2.45. The van der Waals surface area contributed by atoms with Crippen LogP contribution in [-0.2, 0) is 0 Å². The van der Waals surface area contributed by atoms with Crippen LogP contribution >= 0.6 is 0 Å². The number of ketones is 1. The average molecular weight is 438 g/mol. The van der Waals surface area contributed by atoms with E-state index in [1.54, 1.807) is 13.0 Å². The molecule has 31 heavy (non-hydrogen) atoms. The molecule has 2 aromatic rings. The number of hydrogen-bond donors (Lipinski definition) is 3. The lowest BCUT2D eigenvalue weighted by Crippen LogP contribution is -2.72. The number of methoxy groups -OCH3 is 1. The summed E-state index contributed by atoms with van der Waals surface area (Å²) < 4.78 is 52.4. The number of aliphatic hydroxyl groups is 1. The molecule has 1 aliphatic heterocycles. The number of carbonyl (C=O) groups excluding carboxylic acids is 2. The highest BCUT2D eigenvalue weighted by Gasteiger charge is 2.66. The van der Waals surface area contributed by atoms with E-state index < -0.39 is 35.7 Å². The number of carbonyl (C=O) groups is 2. The molecule has 0 aromatic heterocycles. The molecule has 2 amide bonds. The number of urea groups is 1. The van der Waals surface area contributed by atoms with Gasteiger partial charge in [-0.1, -0.05) is 36.4 Å². The van der Waals surface area contributed by atoms with E-state index in [-0.39, 0.29) is 16.9 Å². The van der Waals surface area contributed by atoms with Crippen molar-refractivity contribution in [1.82, 2.24) is 10.6 Å². The van der Waals surface area contributed by atoms with E-state index in [0.717, 1.165) is 0 Å². The Morgan fingerprint density at radius 2 is 1.84 bits per heavy atom. The van der Waals surface area contributed by atoms with E-state index in [1.165, 1.54) is 54.9 Å². The minimum absolute atomic E-state index is 0.0453. The van der Waals surface area contributed by atoms with Crippen LogP contribution in [0.5, 0.6) is 11.5 Å². The van der Waals surface area contributed by atoms with Gasteiger partial charge in [0.05, 0.1) is 19.8 Å². The average Bonchev–Trinajstić information content (AvgIpc) is 2.73. The van der Waals surface area contributed by atoms with Crippen LogP contribution in [0.25, 0.3) is 0 Å². The molecule has 0 bridgehead atoms. The molecule has 3 rings (SSSR count). The number of alkyl halides is 3. The number of amides is 2. The summed E-state index contributed by atoms with van der Waals surface area (Å²) in [6, 6.07) is 8.72. The highest BCUT2D eigenvalue weighted by atomic mass is 19.4. The van der Waals surface area contributed by atoms with E-state index in [4.69, 9.17) is 9.47 Å². The van der Waals surface area contributed by atoms with Crippen molar-refractivity contribution in [1.29, 1.82) is 0 Å². The maximum absolute atomic E-state index is 13.9. The number of ether oxygens (including phenoxy) is 2. The predicted octanol–water partition coefficient (Wildman–Crippen LogP) is 3.20. The summed E-state index contributed by atoms with van der Waals surface area (Å²) in [6.07, 6.45) is -5.33. The molecule has 0 spiro atoms. The van der Waals surface area contributed by atoms with Crippen LogP contribution < -0.4 is 20.1 Å². The van der Waals surface area contributed by atoms with Crippen molar-refractivity contribution in [2.45, 2.75) is 24.9 Å². The number of Topliss-reactive ketones (excluding diaryl/α,β-unsaturated/α-hetero) is 1. The Morgan fingerprint density at radius 1 is 1.16 bits per heavy atom. The molecular weight excluding hydrogens is 417 g/mol. The van der Waals surface area contributed by atoms with Crippen molar-refractivity contribution < 1.29 is 37.3 Å². The number of benzene rings is 2. The Balaban J connectivity index is 2.16. The Labute approximate surface area is 176 Å². The molecule has 1 aliphatic rings. The first-order chi connectivity index (χ1) is 14.6. The van der Waals surface area contributed by atoms with E-state index in [9.17, 15) is 27.9 Å². The van der Waals surface area contributed by atoms with Crippen LogP contribution in [0.2, 0.25) is 0 Å². The first kappa shape index (κ1) is 22.4. The van der Waals surface area contributed by atoms with Gasteiger partial charge in [0.2, 0.25) is 5.72 Å². The fourth-order valence-corrected chi connectivity index (χ4v) is 3.55. The molecule has 0 unspecified atom stereocenters. The molecule has 1 fully saturated rings. The van der Waals surface area contributed by atoms with Crippen LogP contribution in [0.3, 0.4) is 0 Å². The molecule has 0 aliphatic carbocycles. The van der Waals surface area contributed by atoms with Gasteiger partial charge in [-0.2, -0.15) is 13.2 Å². The second-order valence-corrected chi connectivity index (χ2v) is 6.89. The van der Waals surface area contributed by atoms with E-state index in [0.29, 0.717) is 12.4 Å². The summed E-state index contributed by atoms with van der Waals surface area (Å²) in [4.78, 5) is 25.3. The lowest BCUT2D eigenvalue weighted by atomic mass is 9.77. The van der Waals surface area contributed by atoms with Gasteiger partial charge in [-0.25, -0.2) is 4.79 Å². The second kappa shape index (κ2) is 8.46. The predicted molar refractivity (Wildman–Crippen MR) is 104 cm³/mol. The first-order valence-electron chi connectivity index (χ1n) is 9.40. The zero-order chi connectivity index (χ0) is 22.8. The van der Waals surface area contributed by atoms with Gasteiger partial charge >= 0.3 is 12.2 Å². The van der Waals surface area contributed by atoms with Crippen LogP contribution in [0, 0.1) is 5.92 Å². The van der Waals surface area contributed by atoms with Crippen LogP contribution in [0.15, 0.2) is 48.5 Å². The first-order valence-corrected chi connectivity index (χ1v) is 9.40. The van der Waals surface area contributed by atoms with Crippen LogP contribution in [0.4, 0.5) is 18.0 Å². The van der Waals surface area contributed by atoms with Crippen molar-refractivity contribution >= 4 is 11.8 Å². The second-order valence-electron chi connectivity index (χ2n) is 6.89. The number of hydrogen-bond acceptors (Lipinski definition) is 5. The van der Waals surface area contributed by atoms with E-state index in [2.05, 4.69) is 5.32 Å².